The molecule has 1 rings (SSSR count). The van der Waals surface area contributed by atoms with E-state index in [1.165, 1.54) is 11.3 Å². The number of aromatic nitrogens is 1. The molecule has 1 N–H and O–H groups in total. The van der Waals surface area contributed by atoms with Crippen LogP contribution in [0.25, 0.3) is 0 Å². The Morgan fingerprint density at radius 3 is 2.67 bits per heavy atom. The van der Waals surface area contributed by atoms with Gasteiger partial charge in [0, 0.05) is 5.38 Å². The van der Waals surface area contributed by atoms with Crippen LogP contribution >= 0.6 is 20.6 Å². The molecule has 0 spiro atoms. The van der Waals surface area contributed by atoms with Crippen molar-refractivity contribution in [1.29, 1.82) is 0 Å². The summed E-state index contributed by atoms with van der Waals surface area (Å²) in [5, 5.41) is 10.2. The molecule has 0 aromatic carbocycles. The Kier molecular flexibility index (Phi) is 6.16. The molecular weight excluding hydrogens is 153 g/mol. The lowest BCUT2D eigenvalue weighted by Gasteiger charge is -1.77. The largest absolute Gasteiger partial charge is 0.390 e. The zero-order valence-electron chi connectivity index (χ0n) is 5.24. The van der Waals surface area contributed by atoms with Crippen molar-refractivity contribution in [3.63, 3.8) is 0 Å². The summed E-state index contributed by atoms with van der Waals surface area (Å²) in [5.74, 6) is 0. The first-order valence-electron chi connectivity index (χ1n) is 2.49. The van der Waals surface area contributed by atoms with Gasteiger partial charge in [-0.15, -0.1) is 20.6 Å². The first-order valence-corrected chi connectivity index (χ1v) is 4.59. The highest BCUT2D eigenvalue weighted by atomic mass is 32.1. The van der Waals surface area contributed by atoms with E-state index < -0.39 is 0 Å². The van der Waals surface area contributed by atoms with Crippen LogP contribution < -0.4 is 0 Å². The van der Waals surface area contributed by atoms with Crippen LogP contribution in [0.15, 0.2) is 10.9 Å². The molecule has 0 aliphatic rings. The monoisotopic (exact) mass is 163 g/mol. The highest BCUT2D eigenvalue weighted by Crippen LogP contribution is 1.98. The van der Waals surface area contributed by atoms with Gasteiger partial charge in [-0.2, -0.15) is 0 Å². The lowest BCUT2D eigenvalue weighted by atomic mass is 10.5. The second kappa shape index (κ2) is 6.14. The number of aliphatic hydroxyl groups is 1. The molecule has 0 saturated heterocycles. The van der Waals surface area contributed by atoms with E-state index in [0.29, 0.717) is 0 Å². The third-order valence-corrected chi connectivity index (χ3v) is 1.28. The third-order valence-electron chi connectivity index (χ3n) is 0.645. The molecule has 2 nitrogen and oxygen atoms in total. The first kappa shape index (κ1) is 9.02. The first-order chi connectivity index (χ1) is 4.43. The van der Waals surface area contributed by atoms with Gasteiger partial charge in [-0.1, -0.05) is 6.66 Å². The number of thiazole rings is 1. The summed E-state index contributed by atoms with van der Waals surface area (Å²) in [6, 6.07) is 0. The third kappa shape index (κ3) is 3.57. The molecular formula is C5H10NOPS. The number of rotatable bonds is 1. The van der Waals surface area contributed by atoms with Gasteiger partial charge >= 0.3 is 0 Å². The Hall–Kier alpha value is 0.0200. The maximum absolute atomic E-state index is 8.37. The Balaban J connectivity index is 0.000000291. The Labute approximate surface area is 61.2 Å². The molecule has 1 aromatic rings. The van der Waals surface area contributed by atoms with Gasteiger partial charge in [0.05, 0.1) is 17.8 Å². The summed E-state index contributed by atoms with van der Waals surface area (Å²) < 4.78 is 0. The lowest BCUT2D eigenvalue weighted by molar-refractivity contribution is 0.277. The van der Waals surface area contributed by atoms with E-state index in [2.05, 4.69) is 14.2 Å². The molecule has 1 aromatic heterocycles. The van der Waals surface area contributed by atoms with E-state index in [-0.39, 0.29) is 6.61 Å². The second-order valence-corrected chi connectivity index (χ2v) is 1.86. The molecule has 0 saturated carbocycles. The Morgan fingerprint density at radius 1 is 1.78 bits per heavy atom. The van der Waals surface area contributed by atoms with Crippen LogP contribution in [0.4, 0.5) is 0 Å². The highest BCUT2D eigenvalue weighted by Gasteiger charge is 1.85. The molecule has 4 heteroatoms. The average Bonchev–Trinajstić information content (AvgIpc) is 2.43. The van der Waals surface area contributed by atoms with Crippen LogP contribution in [0, 0.1) is 0 Å². The summed E-state index contributed by atoms with van der Waals surface area (Å²) in [5.41, 5.74) is 2.45. The molecule has 52 valence electrons. The van der Waals surface area contributed by atoms with Crippen molar-refractivity contribution in [3.8, 4) is 0 Å². The van der Waals surface area contributed by atoms with Crippen molar-refractivity contribution < 1.29 is 5.11 Å². The van der Waals surface area contributed by atoms with Crippen molar-refractivity contribution in [1.82, 2.24) is 4.98 Å². The fourth-order valence-electron chi connectivity index (χ4n) is 0.316. The molecule has 9 heavy (non-hydrogen) atoms. The van der Waals surface area contributed by atoms with E-state index in [4.69, 9.17) is 5.11 Å². The lowest BCUT2D eigenvalue weighted by Crippen LogP contribution is -1.77. The highest BCUT2D eigenvalue weighted by molar-refractivity contribution is 7.15. The quantitative estimate of drug-likeness (QED) is 0.629. The Bertz CT molecular complexity index is 132. The molecule has 1 unspecified atom stereocenters. The minimum absolute atomic E-state index is 0.0590. The average molecular weight is 163 g/mol. The van der Waals surface area contributed by atoms with E-state index in [0.717, 1.165) is 5.69 Å². The van der Waals surface area contributed by atoms with Crippen LogP contribution in [-0.2, 0) is 6.61 Å². The van der Waals surface area contributed by atoms with Gasteiger partial charge in [0.2, 0.25) is 0 Å². The van der Waals surface area contributed by atoms with Gasteiger partial charge in [-0.25, -0.2) is 4.98 Å². The molecule has 0 radical (unpaired) electrons. The summed E-state index contributed by atoms with van der Waals surface area (Å²) in [6.45, 7) is 1.98. The fraction of sp³-hybridized carbons (Fsp3) is 0.400. The van der Waals surface area contributed by atoms with Gasteiger partial charge in [-0.3, -0.25) is 0 Å². The van der Waals surface area contributed by atoms with Gasteiger partial charge in [0.1, 0.15) is 0 Å². The number of nitrogens with zero attached hydrogens (tertiary/aromatic N) is 1. The SMILES string of the molecule is CP.OCc1cscn1. The van der Waals surface area contributed by atoms with Crippen LogP contribution in [-0.4, -0.2) is 16.8 Å². The van der Waals surface area contributed by atoms with Gasteiger partial charge in [0.15, 0.2) is 0 Å². The minimum Gasteiger partial charge on any atom is -0.390 e. The standard InChI is InChI=1S/C4H5NOS.CH5P/c6-1-4-2-7-3-5-4;1-2/h2-3,6H,1H2;2H2,1H3. The van der Waals surface area contributed by atoms with Crippen molar-refractivity contribution in [2.45, 2.75) is 6.61 Å². The number of aliphatic hydroxyl groups excluding tert-OH is 1. The predicted octanol–water partition coefficient (Wildman–Crippen LogP) is 1.13. The van der Waals surface area contributed by atoms with E-state index in [9.17, 15) is 0 Å². The molecule has 0 aliphatic heterocycles. The van der Waals surface area contributed by atoms with Gasteiger partial charge in [0.25, 0.3) is 0 Å². The van der Waals surface area contributed by atoms with Crippen LogP contribution in [0.3, 0.4) is 0 Å². The van der Waals surface area contributed by atoms with Gasteiger partial charge < -0.3 is 5.11 Å². The summed E-state index contributed by atoms with van der Waals surface area (Å²) >= 11 is 1.49. The van der Waals surface area contributed by atoms with Crippen molar-refractivity contribution in [2.24, 2.45) is 0 Å². The second-order valence-electron chi connectivity index (χ2n) is 1.14. The van der Waals surface area contributed by atoms with Crippen molar-refractivity contribution in [3.05, 3.63) is 16.6 Å². The maximum atomic E-state index is 8.37. The molecule has 0 aliphatic carbocycles. The molecule has 1 atom stereocenters. The van der Waals surface area contributed by atoms with Crippen LogP contribution in [0.5, 0.6) is 0 Å². The minimum atomic E-state index is 0.0590. The molecule has 0 fully saturated rings. The van der Waals surface area contributed by atoms with E-state index in [1.807, 2.05) is 12.0 Å². The fourth-order valence-corrected chi connectivity index (χ4v) is 0.865. The van der Waals surface area contributed by atoms with Crippen LogP contribution in [0.1, 0.15) is 5.69 Å². The van der Waals surface area contributed by atoms with Crippen molar-refractivity contribution >= 4 is 20.6 Å². The summed E-state index contributed by atoms with van der Waals surface area (Å²) in [7, 11) is 2.42. The smallest absolute Gasteiger partial charge is 0.0861 e. The van der Waals surface area contributed by atoms with Crippen molar-refractivity contribution in [2.75, 3.05) is 6.66 Å². The van der Waals surface area contributed by atoms with E-state index in [1.54, 1.807) is 5.51 Å². The number of hydrogen-bond donors (Lipinski definition) is 1. The zero-order chi connectivity index (χ0) is 7.11. The van der Waals surface area contributed by atoms with E-state index >= 15 is 0 Å². The zero-order valence-corrected chi connectivity index (χ0v) is 7.21. The topological polar surface area (TPSA) is 33.1 Å². The maximum Gasteiger partial charge on any atom is 0.0861 e. The number of hydrogen-bond acceptors (Lipinski definition) is 3. The molecule has 1 heterocycles. The Morgan fingerprint density at radius 2 is 2.44 bits per heavy atom. The predicted molar refractivity (Wildman–Crippen MR) is 43.7 cm³/mol. The van der Waals surface area contributed by atoms with Crippen LogP contribution in [0.2, 0.25) is 0 Å². The summed E-state index contributed by atoms with van der Waals surface area (Å²) in [4.78, 5) is 3.80. The molecule has 0 bridgehead atoms. The normalized spacial score (nSPS) is 7.89. The molecule has 0 amide bonds. The van der Waals surface area contributed by atoms with Gasteiger partial charge in [-0.05, 0) is 0 Å². The summed E-state index contributed by atoms with van der Waals surface area (Å²) in [6.07, 6.45) is 0.